The molecule has 0 bridgehead atoms. The van der Waals surface area contributed by atoms with Gasteiger partial charge in [0.15, 0.2) is 0 Å². The Balaban J connectivity index is 1.79. The van der Waals surface area contributed by atoms with Gasteiger partial charge in [-0.05, 0) is 42.3 Å². The van der Waals surface area contributed by atoms with Crippen molar-refractivity contribution in [1.82, 2.24) is 4.90 Å². The Labute approximate surface area is 137 Å². The first-order chi connectivity index (χ1) is 11.2. The molecule has 0 N–H and O–H groups in total. The number of hydrogen-bond donors (Lipinski definition) is 0. The van der Waals surface area contributed by atoms with Crippen LogP contribution in [0.15, 0.2) is 54.4 Å². The summed E-state index contributed by atoms with van der Waals surface area (Å²) in [5.41, 5.74) is 4.25. The quantitative estimate of drug-likeness (QED) is 0.808. The monoisotopic (exact) mass is 311 g/mol. The van der Waals surface area contributed by atoms with Crippen LogP contribution in [0.1, 0.15) is 23.1 Å². The van der Waals surface area contributed by atoms with Gasteiger partial charge in [-0.25, -0.2) is 4.39 Å². The molecule has 0 saturated heterocycles. The fraction of sp³-hybridized carbons (Fsp3) is 0.300. The summed E-state index contributed by atoms with van der Waals surface area (Å²) in [4.78, 5) is 2.16. The Morgan fingerprint density at radius 1 is 1.04 bits per heavy atom. The molecule has 23 heavy (non-hydrogen) atoms. The summed E-state index contributed by atoms with van der Waals surface area (Å²) < 4.78 is 19.7. The third kappa shape index (κ3) is 3.62. The summed E-state index contributed by atoms with van der Waals surface area (Å²) in [6.07, 6.45) is 1.22. The molecular weight excluding hydrogens is 289 g/mol. The Kier molecular flexibility index (Phi) is 4.77. The van der Waals surface area contributed by atoms with E-state index < -0.39 is 0 Å². The minimum atomic E-state index is 0.0163. The number of allylic oxidation sites excluding steroid dienone is 1. The summed E-state index contributed by atoms with van der Waals surface area (Å²) in [5, 5.41) is 0. The number of hydrogen-bond acceptors (Lipinski definition) is 2. The maximum absolute atomic E-state index is 14.4. The summed E-state index contributed by atoms with van der Waals surface area (Å²) >= 11 is 0. The summed E-state index contributed by atoms with van der Waals surface area (Å²) in [7, 11) is 3.70. The van der Waals surface area contributed by atoms with Crippen molar-refractivity contribution in [1.29, 1.82) is 0 Å². The maximum atomic E-state index is 14.4. The zero-order chi connectivity index (χ0) is 16.2. The number of fused-ring (bicyclic) bond motifs is 1. The van der Waals surface area contributed by atoms with Gasteiger partial charge in [0.1, 0.15) is 11.6 Å². The predicted octanol–water partition coefficient (Wildman–Crippen LogP) is 4.45. The highest BCUT2D eigenvalue weighted by Crippen LogP contribution is 2.34. The molecule has 2 aromatic rings. The third-order valence-corrected chi connectivity index (χ3v) is 4.30. The van der Waals surface area contributed by atoms with E-state index in [1.165, 1.54) is 11.1 Å². The SMILES string of the molecule is COc1ccc2c(c1)CCC(F)=C2CN(C)Cc1ccccc1. The number of nitrogens with zero attached hydrogens (tertiary/aromatic N) is 1. The van der Waals surface area contributed by atoms with Crippen molar-refractivity contribution in [2.24, 2.45) is 0 Å². The van der Waals surface area contributed by atoms with Crippen LogP contribution in [0.2, 0.25) is 0 Å². The van der Waals surface area contributed by atoms with Gasteiger partial charge in [0.2, 0.25) is 0 Å². The molecule has 1 aliphatic rings. The second-order valence-electron chi connectivity index (χ2n) is 6.06. The molecule has 1 aliphatic carbocycles. The van der Waals surface area contributed by atoms with Gasteiger partial charge in [-0.15, -0.1) is 0 Å². The normalized spacial score (nSPS) is 14.1. The van der Waals surface area contributed by atoms with Gasteiger partial charge < -0.3 is 4.74 Å². The zero-order valence-electron chi connectivity index (χ0n) is 13.7. The maximum Gasteiger partial charge on any atom is 0.119 e. The minimum absolute atomic E-state index is 0.0163. The van der Waals surface area contributed by atoms with E-state index in [1.54, 1.807) is 7.11 Å². The molecular formula is C20H22FNO. The van der Waals surface area contributed by atoms with Gasteiger partial charge in [-0.1, -0.05) is 36.4 Å². The van der Waals surface area contributed by atoms with E-state index in [2.05, 4.69) is 17.0 Å². The molecule has 0 fully saturated rings. The zero-order valence-corrected chi connectivity index (χ0v) is 13.7. The molecule has 0 spiro atoms. The molecule has 0 aliphatic heterocycles. The number of benzene rings is 2. The molecule has 2 nitrogen and oxygen atoms in total. The number of methoxy groups -OCH3 is 1. The molecule has 0 unspecified atom stereocenters. The van der Waals surface area contributed by atoms with Crippen LogP contribution in [0.3, 0.4) is 0 Å². The molecule has 120 valence electrons. The van der Waals surface area contributed by atoms with Crippen LogP contribution in [0, 0.1) is 0 Å². The third-order valence-electron chi connectivity index (χ3n) is 4.30. The van der Waals surface area contributed by atoms with Crippen LogP contribution >= 0.6 is 0 Å². The average molecular weight is 311 g/mol. The van der Waals surface area contributed by atoms with Crippen LogP contribution in [0.5, 0.6) is 5.75 Å². The summed E-state index contributed by atoms with van der Waals surface area (Å²) in [5.74, 6) is 0.852. The molecule has 3 heteroatoms. The van der Waals surface area contributed by atoms with Crippen molar-refractivity contribution >= 4 is 5.57 Å². The second kappa shape index (κ2) is 6.97. The Morgan fingerprint density at radius 2 is 1.83 bits per heavy atom. The van der Waals surface area contributed by atoms with Crippen molar-refractivity contribution in [2.45, 2.75) is 19.4 Å². The predicted molar refractivity (Wildman–Crippen MR) is 92.1 cm³/mol. The van der Waals surface area contributed by atoms with Crippen LogP contribution in [0.25, 0.3) is 5.57 Å². The lowest BCUT2D eigenvalue weighted by Gasteiger charge is -2.24. The van der Waals surface area contributed by atoms with Crippen LogP contribution in [-0.2, 0) is 13.0 Å². The Bertz CT molecular complexity index is 709. The number of halogens is 1. The van der Waals surface area contributed by atoms with E-state index in [0.29, 0.717) is 13.0 Å². The lowest BCUT2D eigenvalue weighted by atomic mass is 9.89. The van der Waals surface area contributed by atoms with E-state index in [4.69, 9.17) is 4.74 Å². The minimum Gasteiger partial charge on any atom is -0.497 e. The lowest BCUT2D eigenvalue weighted by molar-refractivity contribution is 0.365. The molecule has 0 saturated carbocycles. The fourth-order valence-corrected chi connectivity index (χ4v) is 3.13. The Morgan fingerprint density at radius 3 is 2.57 bits per heavy atom. The first-order valence-electron chi connectivity index (χ1n) is 7.94. The van der Waals surface area contributed by atoms with Crippen LogP contribution < -0.4 is 4.74 Å². The van der Waals surface area contributed by atoms with E-state index in [1.807, 2.05) is 43.4 Å². The first-order valence-corrected chi connectivity index (χ1v) is 7.94. The number of aryl methyl sites for hydroxylation is 1. The van der Waals surface area contributed by atoms with Crippen molar-refractivity contribution < 1.29 is 9.13 Å². The Hall–Kier alpha value is -2.13. The second-order valence-corrected chi connectivity index (χ2v) is 6.06. The molecule has 0 radical (unpaired) electrons. The smallest absolute Gasteiger partial charge is 0.119 e. The van der Waals surface area contributed by atoms with Gasteiger partial charge in [-0.3, -0.25) is 4.90 Å². The molecule has 3 rings (SSSR count). The summed E-state index contributed by atoms with van der Waals surface area (Å²) in [6, 6.07) is 16.2. The average Bonchev–Trinajstić information content (AvgIpc) is 2.58. The largest absolute Gasteiger partial charge is 0.497 e. The molecule has 2 aromatic carbocycles. The van der Waals surface area contributed by atoms with Crippen molar-refractivity contribution in [3.05, 3.63) is 71.0 Å². The van der Waals surface area contributed by atoms with E-state index in [0.717, 1.165) is 29.9 Å². The summed E-state index contributed by atoms with van der Waals surface area (Å²) in [6.45, 7) is 1.42. The molecule has 0 aromatic heterocycles. The number of ether oxygens (including phenoxy) is 1. The standard InChI is InChI=1S/C20H22FNO/c1-22(13-15-6-4-3-5-7-15)14-19-18-10-9-17(23-2)12-16(18)8-11-20(19)21/h3-7,9-10,12H,8,11,13-14H2,1-2H3. The highest BCUT2D eigenvalue weighted by Gasteiger charge is 2.20. The van der Waals surface area contributed by atoms with Gasteiger partial charge in [0, 0.05) is 25.1 Å². The van der Waals surface area contributed by atoms with Crippen molar-refractivity contribution in [2.75, 3.05) is 20.7 Å². The topological polar surface area (TPSA) is 12.5 Å². The van der Waals surface area contributed by atoms with Gasteiger partial charge in [0.25, 0.3) is 0 Å². The van der Waals surface area contributed by atoms with Gasteiger partial charge in [0.05, 0.1) is 7.11 Å². The number of likely N-dealkylation sites (N-methyl/N-ethyl adjacent to an activating group) is 1. The van der Waals surface area contributed by atoms with E-state index in [-0.39, 0.29) is 5.83 Å². The van der Waals surface area contributed by atoms with Crippen molar-refractivity contribution in [3.8, 4) is 5.75 Å². The number of rotatable bonds is 5. The van der Waals surface area contributed by atoms with Gasteiger partial charge in [-0.2, -0.15) is 0 Å². The molecule has 0 amide bonds. The lowest BCUT2D eigenvalue weighted by Crippen LogP contribution is -2.22. The molecule has 0 heterocycles. The van der Waals surface area contributed by atoms with E-state index in [9.17, 15) is 4.39 Å². The van der Waals surface area contributed by atoms with Gasteiger partial charge >= 0.3 is 0 Å². The highest BCUT2D eigenvalue weighted by atomic mass is 19.1. The highest BCUT2D eigenvalue weighted by molar-refractivity contribution is 5.73. The van der Waals surface area contributed by atoms with E-state index >= 15 is 0 Å². The van der Waals surface area contributed by atoms with Crippen molar-refractivity contribution in [3.63, 3.8) is 0 Å². The van der Waals surface area contributed by atoms with Crippen LogP contribution in [0.4, 0.5) is 4.39 Å². The molecule has 0 atom stereocenters. The van der Waals surface area contributed by atoms with Crippen LogP contribution in [-0.4, -0.2) is 25.6 Å². The first kappa shape index (κ1) is 15.8. The fourth-order valence-electron chi connectivity index (χ4n) is 3.13.